The number of rotatable bonds is 3. The van der Waals surface area contributed by atoms with E-state index in [4.69, 9.17) is 0 Å². The summed E-state index contributed by atoms with van der Waals surface area (Å²) in [6.07, 6.45) is 0. The third kappa shape index (κ3) is 2.93. The van der Waals surface area contributed by atoms with Crippen LogP contribution in [0.3, 0.4) is 0 Å². The first-order chi connectivity index (χ1) is 9.38. The van der Waals surface area contributed by atoms with Gasteiger partial charge in [-0.15, -0.1) is 0 Å². The van der Waals surface area contributed by atoms with E-state index in [0.717, 1.165) is 6.07 Å². The van der Waals surface area contributed by atoms with Gasteiger partial charge >= 0.3 is 0 Å². The standard InChI is InChI=1S/C13H9BrF2N2O2/c1-7-4-8(15)5-11(16)13(7)17-12-3-2-9(18(19)20)6-10(12)14/h2-6,17H,1H3. The van der Waals surface area contributed by atoms with Gasteiger partial charge in [0.25, 0.3) is 5.69 Å². The number of anilines is 2. The number of nitrogens with one attached hydrogen (secondary N) is 1. The van der Waals surface area contributed by atoms with E-state index in [9.17, 15) is 18.9 Å². The molecule has 0 bridgehead atoms. The third-order valence-electron chi connectivity index (χ3n) is 2.68. The summed E-state index contributed by atoms with van der Waals surface area (Å²) < 4.78 is 27.1. The Balaban J connectivity index is 2.38. The molecule has 0 atom stereocenters. The normalized spacial score (nSPS) is 10.4. The number of hydrogen-bond donors (Lipinski definition) is 1. The number of benzene rings is 2. The van der Waals surface area contributed by atoms with Crippen LogP contribution >= 0.6 is 15.9 Å². The summed E-state index contributed by atoms with van der Waals surface area (Å²) in [6.45, 7) is 1.56. The molecule has 0 radical (unpaired) electrons. The fraction of sp³-hybridized carbons (Fsp3) is 0.0769. The van der Waals surface area contributed by atoms with Gasteiger partial charge in [0.2, 0.25) is 0 Å². The van der Waals surface area contributed by atoms with Gasteiger partial charge in [-0.2, -0.15) is 0 Å². The fourth-order valence-corrected chi connectivity index (χ4v) is 2.18. The molecule has 2 aromatic rings. The SMILES string of the molecule is Cc1cc(F)cc(F)c1Nc1ccc([N+](=O)[O-])cc1Br. The number of aryl methyl sites for hydroxylation is 1. The van der Waals surface area contributed by atoms with Crippen molar-refractivity contribution in [3.05, 3.63) is 62.1 Å². The van der Waals surface area contributed by atoms with Crippen LogP contribution in [0.1, 0.15) is 5.56 Å². The zero-order chi connectivity index (χ0) is 14.9. The first kappa shape index (κ1) is 14.4. The van der Waals surface area contributed by atoms with Crippen molar-refractivity contribution in [2.75, 3.05) is 5.32 Å². The Hall–Kier alpha value is -2.02. The molecule has 0 saturated heterocycles. The smallest absolute Gasteiger partial charge is 0.270 e. The van der Waals surface area contributed by atoms with E-state index >= 15 is 0 Å². The number of nitro benzene ring substituents is 1. The predicted molar refractivity (Wildman–Crippen MR) is 75.2 cm³/mol. The Labute approximate surface area is 121 Å². The van der Waals surface area contributed by atoms with E-state index < -0.39 is 16.6 Å². The van der Waals surface area contributed by atoms with Crippen LogP contribution < -0.4 is 5.32 Å². The highest BCUT2D eigenvalue weighted by atomic mass is 79.9. The maximum Gasteiger partial charge on any atom is 0.270 e. The second-order valence-corrected chi connectivity index (χ2v) is 4.98. The summed E-state index contributed by atoms with van der Waals surface area (Å²) >= 11 is 3.17. The Bertz CT molecular complexity index is 669. The minimum absolute atomic E-state index is 0.0845. The number of nitro groups is 1. The number of non-ortho nitro benzene ring substituents is 1. The van der Waals surface area contributed by atoms with Crippen LogP contribution in [0, 0.1) is 28.7 Å². The first-order valence-corrected chi connectivity index (χ1v) is 6.34. The van der Waals surface area contributed by atoms with Gasteiger partial charge in [0.15, 0.2) is 0 Å². The van der Waals surface area contributed by atoms with Crippen molar-refractivity contribution in [3.8, 4) is 0 Å². The van der Waals surface area contributed by atoms with Crippen molar-refractivity contribution in [2.24, 2.45) is 0 Å². The van der Waals surface area contributed by atoms with Crippen LogP contribution in [0.2, 0.25) is 0 Å². The molecule has 1 N–H and O–H groups in total. The summed E-state index contributed by atoms with van der Waals surface area (Å²) in [4.78, 5) is 10.1. The lowest BCUT2D eigenvalue weighted by atomic mass is 10.1. The fourth-order valence-electron chi connectivity index (χ4n) is 1.71. The van der Waals surface area contributed by atoms with Crippen molar-refractivity contribution in [3.63, 3.8) is 0 Å². The molecule has 0 unspecified atom stereocenters. The van der Waals surface area contributed by atoms with Crippen molar-refractivity contribution in [1.29, 1.82) is 0 Å². The molecule has 0 aliphatic carbocycles. The molecule has 0 aromatic heterocycles. The second-order valence-electron chi connectivity index (χ2n) is 4.13. The number of nitrogens with zero attached hydrogens (tertiary/aromatic N) is 1. The molecule has 20 heavy (non-hydrogen) atoms. The van der Waals surface area contributed by atoms with Gasteiger partial charge in [-0.05, 0) is 40.5 Å². The number of hydrogen-bond acceptors (Lipinski definition) is 3. The average molecular weight is 343 g/mol. The van der Waals surface area contributed by atoms with Crippen molar-refractivity contribution in [1.82, 2.24) is 0 Å². The Kier molecular flexibility index (Phi) is 3.99. The maximum absolute atomic E-state index is 13.7. The molecule has 104 valence electrons. The van der Waals surface area contributed by atoms with Crippen molar-refractivity contribution >= 4 is 33.0 Å². The van der Waals surface area contributed by atoms with Crippen LogP contribution in [0.25, 0.3) is 0 Å². The van der Waals surface area contributed by atoms with Crippen LogP contribution in [0.15, 0.2) is 34.8 Å². The third-order valence-corrected chi connectivity index (χ3v) is 3.33. The molecule has 0 amide bonds. The van der Waals surface area contributed by atoms with Gasteiger partial charge in [-0.3, -0.25) is 10.1 Å². The molecular weight excluding hydrogens is 334 g/mol. The molecule has 0 aliphatic rings. The second kappa shape index (κ2) is 5.54. The lowest BCUT2D eigenvalue weighted by Gasteiger charge is -2.12. The zero-order valence-corrected chi connectivity index (χ0v) is 11.9. The van der Waals surface area contributed by atoms with Crippen LogP contribution in [-0.4, -0.2) is 4.92 Å². The van der Waals surface area contributed by atoms with Crippen LogP contribution in [-0.2, 0) is 0 Å². The molecule has 0 spiro atoms. The Morgan fingerprint density at radius 2 is 1.95 bits per heavy atom. The van der Waals surface area contributed by atoms with Gasteiger partial charge in [0.05, 0.1) is 16.3 Å². The maximum atomic E-state index is 13.7. The summed E-state index contributed by atoms with van der Waals surface area (Å²) in [5.74, 6) is -1.39. The molecule has 0 aliphatic heterocycles. The molecule has 2 aromatic carbocycles. The zero-order valence-electron chi connectivity index (χ0n) is 10.3. The molecule has 0 fully saturated rings. The Morgan fingerprint density at radius 3 is 2.50 bits per heavy atom. The van der Waals surface area contributed by atoms with E-state index in [2.05, 4.69) is 21.2 Å². The largest absolute Gasteiger partial charge is 0.352 e. The van der Waals surface area contributed by atoms with E-state index in [1.165, 1.54) is 24.3 Å². The van der Waals surface area contributed by atoms with E-state index in [1.54, 1.807) is 6.92 Å². The molecule has 4 nitrogen and oxygen atoms in total. The summed E-state index contributed by atoms with van der Waals surface area (Å²) in [6, 6.07) is 6.02. The minimum Gasteiger partial charge on any atom is -0.352 e. The molecule has 2 rings (SSSR count). The van der Waals surface area contributed by atoms with Crippen LogP contribution in [0.4, 0.5) is 25.8 Å². The van der Waals surface area contributed by atoms with Gasteiger partial charge in [0.1, 0.15) is 11.6 Å². The van der Waals surface area contributed by atoms with E-state index in [1.807, 2.05) is 0 Å². The van der Waals surface area contributed by atoms with Gasteiger partial charge in [-0.1, -0.05) is 0 Å². The highest BCUT2D eigenvalue weighted by molar-refractivity contribution is 9.10. The summed E-state index contributed by atoms with van der Waals surface area (Å²) in [5.41, 5.74) is 0.886. The van der Waals surface area contributed by atoms with Gasteiger partial charge in [-0.25, -0.2) is 8.78 Å². The van der Waals surface area contributed by atoms with Gasteiger partial charge in [0, 0.05) is 22.7 Å². The quantitative estimate of drug-likeness (QED) is 0.650. The predicted octanol–water partition coefficient (Wildman–Crippen LogP) is 4.69. The molecule has 7 heteroatoms. The lowest BCUT2D eigenvalue weighted by molar-refractivity contribution is -0.384. The highest BCUT2D eigenvalue weighted by Crippen LogP contribution is 2.32. The number of halogens is 3. The van der Waals surface area contributed by atoms with Crippen molar-refractivity contribution < 1.29 is 13.7 Å². The van der Waals surface area contributed by atoms with Gasteiger partial charge < -0.3 is 5.32 Å². The summed E-state index contributed by atoms with van der Waals surface area (Å²) in [7, 11) is 0. The lowest BCUT2D eigenvalue weighted by Crippen LogP contribution is -1.99. The topological polar surface area (TPSA) is 55.2 Å². The van der Waals surface area contributed by atoms with Crippen LogP contribution in [0.5, 0.6) is 0 Å². The molecule has 0 heterocycles. The molecular formula is C13H9BrF2N2O2. The van der Waals surface area contributed by atoms with E-state index in [-0.39, 0.29) is 11.4 Å². The summed E-state index contributed by atoms with van der Waals surface area (Å²) in [5, 5.41) is 13.4. The Morgan fingerprint density at radius 1 is 1.25 bits per heavy atom. The first-order valence-electron chi connectivity index (χ1n) is 5.55. The average Bonchev–Trinajstić information content (AvgIpc) is 2.34. The van der Waals surface area contributed by atoms with E-state index in [0.29, 0.717) is 15.7 Å². The minimum atomic E-state index is -0.729. The highest BCUT2D eigenvalue weighted by Gasteiger charge is 2.13. The van der Waals surface area contributed by atoms with Crippen molar-refractivity contribution in [2.45, 2.75) is 6.92 Å². The molecule has 0 saturated carbocycles. The monoisotopic (exact) mass is 342 g/mol.